The lowest BCUT2D eigenvalue weighted by atomic mass is 9.87. The van der Waals surface area contributed by atoms with Crippen LogP contribution in [-0.2, 0) is 16.0 Å². The van der Waals surface area contributed by atoms with E-state index in [1.54, 1.807) is 12.1 Å². The fraction of sp³-hybridized carbons (Fsp3) is 0.444. The van der Waals surface area contributed by atoms with Gasteiger partial charge in [-0.25, -0.2) is 4.79 Å². The molecule has 172 valence electrons. The number of carboxylic acids is 1. The molecule has 5 heteroatoms. The van der Waals surface area contributed by atoms with Crippen molar-refractivity contribution < 1.29 is 24.2 Å². The van der Waals surface area contributed by atoms with Gasteiger partial charge in [-0.3, -0.25) is 9.59 Å². The Kier molecular flexibility index (Phi) is 10.6. The van der Waals surface area contributed by atoms with Gasteiger partial charge < -0.3 is 9.84 Å². The SMILES string of the molecule is CCCCCC(CCC(C)OC(=O)CCc1ccccc1)C(=O)c1cccc(C(=O)O)c1. The number of unbranched alkanes of at least 4 members (excludes halogenated alkanes) is 2. The molecule has 1 N–H and O–H groups in total. The maximum Gasteiger partial charge on any atom is 0.335 e. The minimum atomic E-state index is -1.04. The van der Waals surface area contributed by atoms with Gasteiger partial charge in [0.15, 0.2) is 5.78 Å². The Morgan fingerprint density at radius 1 is 0.906 bits per heavy atom. The average molecular weight is 439 g/mol. The van der Waals surface area contributed by atoms with E-state index in [-0.39, 0.29) is 29.3 Å². The summed E-state index contributed by atoms with van der Waals surface area (Å²) in [6.07, 6.45) is 5.69. The largest absolute Gasteiger partial charge is 0.478 e. The van der Waals surface area contributed by atoms with Crippen molar-refractivity contribution in [3.05, 3.63) is 71.3 Å². The Morgan fingerprint density at radius 2 is 1.62 bits per heavy atom. The summed E-state index contributed by atoms with van der Waals surface area (Å²) in [6, 6.07) is 16.0. The molecule has 0 heterocycles. The van der Waals surface area contributed by atoms with Crippen LogP contribution in [0, 0.1) is 5.92 Å². The molecule has 2 unspecified atom stereocenters. The van der Waals surface area contributed by atoms with E-state index in [9.17, 15) is 19.5 Å². The third-order valence-corrected chi connectivity index (χ3v) is 5.64. The van der Waals surface area contributed by atoms with E-state index < -0.39 is 5.97 Å². The zero-order valence-electron chi connectivity index (χ0n) is 19.1. The highest BCUT2D eigenvalue weighted by atomic mass is 16.5. The second-order valence-electron chi connectivity index (χ2n) is 8.31. The Hall–Kier alpha value is -2.95. The number of carbonyl (C=O) groups is 3. The zero-order chi connectivity index (χ0) is 23.3. The topological polar surface area (TPSA) is 80.7 Å². The summed E-state index contributed by atoms with van der Waals surface area (Å²) >= 11 is 0. The average Bonchev–Trinajstić information content (AvgIpc) is 2.80. The normalized spacial score (nSPS) is 12.7. The number of carbonyl (C=O) groups excluding carboxylic acids is 2. The van der Waals surface area contributed by atoms with Crippen LogP contribution >= 0.6 is 0 Å². The maximum atomic E-state index is 13.1. The van der Waals surface area contributed by atoms with E-state index in [1.807, 2.05) is 37.3 Å². The molecular weight excluding hydrogens is 404 g/mol. The third kappa shape index (κ3) is 8.66. The van der Waals surface area contributed by atoms with Crippen molar-refractivity contribution in [2.24, 2.45) is 5.92 Å². The van der Waals surface area contributed by atoms with E-state index in [4.69, 9.17) is 4.74 Å². The molecule has 32 heavy (non-hydrogen) atoms. The molecular formula is C27H34O5. The standard InChI is InChI=1S/C27H34O5/c1-3-4-6-12-22(26(29)23-13-9-14-24(19-23)27(30)31)17-15-20(2)32-25(28)18-16-21-10-7-5-8-11-21/h5,7-11,13-14,19-20,22H,3-4,6,12,15-18H2,1-2H3,(H,30,31). The van der Waals surface area contributed by atoms with Crippen LogP contribution in [0.1, 0.15) is 85.1 Å². The first-order valence-corrected chi connectivity index (χ1v) is 11.5. The maximum absolute atomic E-state index is 13.1. The molecule has 0 aliphatic heterocycles. The summed E-state index contributed by atoms with van der Waals surface area (Å²) in [5, 5.41) is 9.22. The molecule has 0 amide bonds. The Balaban J connectivity index is 1.91. The monoisotopic (exact) mass is 438 g/mol. The molecule has 0 aromatic heterocycles. The Morgan fingerprint density at radius 3 is 2.31 bits per heavy atom. The van der Waals surface area contributed by atoms with Gasteiger partial charge in [0.05, 0.1) is 11.7 Å². The van der Waals surface area contributed by atoms with Crippen LogP contribution in [-0.4, -0.2) is 28.9 Å². The lowest BCUT2D eigenvalue weighted by molar-refractivity contribution is -0.148. The van der Waals surface area contributed by atoms with Crippen LogP contribution in [0.2, 0.25) is 0 Å². The number of esters is 1. The molecule has 0 radical (unpaired) electrons. The number of Topliss-reactive ketones (excluding diaryl/α,β-unsaturated/α-hetero) is 1. The number of benzene rings is 2. The summed E-state index contributed by atoms with van der Waals surface area (Å²) in [4.78, 5) is 36.6. The molecule has 0 spiro atoms. The Labute approximate surface area is 190 Å². The number of aromatic carboxylic acids is 1. The fourth-order valence-electron chi connectivity index (χ4n) is 3.76. The zero-order valence-corrected chi connectivity index (χ0v) is 19.1. The first-order valence-electron chi connectivity index (χ1n) is 11.5. The summed E-state index contributed by atoms with van der Waals surface area (Å²) in [5.74, 6) is -1.52. The van der Waals surface area contributed by atoms with Crippen LogP contribution in [0.4, 0.5) is 0 Å². The minimum Gasteiger partial charge on any atom is -0.478 e. The molecule has 0 aliphatic carbocycles. The summed E-state index contributed by atoms with van der Waals surface area (Å²) in [7, 11) is 0. The predicted molar refractivity (Wildman–Crippen MR) is 125 cm³/mol. The van der Waals surface area contributed by atoms with E-state index >= 15 is 0 Å². The predicted octanol–water partition coefficient (Wildman–Crippen LogP) is 6.11. The molecule has 2 aromatic carbocycles. The van der Waals surface area contributed by atoms with Crippen molar-refractivity contribution in [2.45, 2.75) is 71.3 Å². The van der Waals surface area contributed by atoms with Crippen molar-refractivity contribution in [1.82, 2.24) is 0 Å². The van der Waals surface area contributed by atoms with Crippen molar-refractivity contribution in [3.8, 4) is 0 Å². The molecule has 0 fully saturated rings. The number of carboxylic acid groups (broad SMARTS) is 1. The molecule has 0 saturated carbocycles. The number of ketones is 1. The molecule has 2 aromatic rings. The van der Waals surface area contributed by atoms with Crippen molar-refractivity contribution in [3.63, 3.8) is 0 Å². The van der Waals surface area contributed by atoms with Gasteiger partial charge in [0, 0.05) is 17.9 Å². The number of rotatable bonds is 14. The van der Waals surface area contributed by atoms with E-state index in [1.165, 1.54) is 12.1 Å². The van der Waals surface area contributed by atoms with Crippen molar-refractivity contribution >= 4 is 17.7 Å². The quantitative estimate of drug-likeness (QED) is 0.219. The van der Waals surface area contributed by atoms with Crippen LogP contribution in [0.5, 0.6) is 0 Å². The van der Waals surface area contributed by atoms with Crippen molar-refractivity contribution in [2.75, 3.05) is 0 Å². The minimum absolute atomic E-state index is 0.0354. The summed E-state index contributed by atoms with van der Waals surface area (Å²) in [6.45, 7) is 3.98. The van der Waals surface area contributed by atoms with Crippen LogP contribution in [0.3, 0.4) is 0 Å². The fourth-order valence-corrected chi connectivity index (χ4v) is 3.76. The molecule has 0 bridgehead atoms. The number of aryl methyl sites for hydroxylation is 1. The number of ether oxygens (including phenoxy) is 1. The Bertz CT molecular complexity index is 875. The molecule has 5 nitrogen and oxygen atoms in total. The highest BCUT2D eigenvalue weighted by molar-refractivity contribution is 6.00. The summed E-state index contributed by atoms with van der Waals surface area (Å²) < 4.78 is 5.56. The van der Waals surface area contributed by atoms with Gasteiger partial charge in [-0.05, 0) is 50.3 Å². The molecule has 0 saturated heterocycles. The molecule has 0 aliphatic rings. The van der Waals surface area contributed by atoms with Crippen LogP contribution < -0.4 is 0 Å². The highest BCUT2D eigenvalue weighted by Gasteiger charge is 2.22. The lowest BCUT2D eigenvalue weighted by Gasteiger charge is -2.19. The van der Waals surface area contributed by atoms with Gasteiger partial charge in [-0.2, -0.15) is 0 Å². The smallest absolute Gasteiger partial charge is 0.335 e. The summed E-state index contributed by atoms with van der Waals surface area (Å²) in [5.41, 5.74) is 1.64. The van der Waals surface area contributed by atoms with Gasteiger partial charge in [-0.15, -0.1) is 0 Å². The van der Waals surface area contributed by atoms with E-state index in [0.717, 1.165) is 31.2 Å². The van der Waals surface area contributed by atoms with Gasteiger partial charge in [0.2, 0.25) is 0 Å². The second-order valence-corrected chi connectivity index (χ2v) is 8.31. The highest BCUT2D eigenvalue weighted by Crippen LogP contribution is 2.23. The van der Waals surface area contributed by atoms with Crippen LogP contribution in [0.25, 0.3) is 0 Å². The van der Waals surface area contributed by atoms with Gasteiger partial charge in [-0.1, -0.05) is 68.7 Å². The third-order valence-electron chi connectivity index (χ3n) is 5.64. The second kappa shape index (κ2) is 13.5. The molecule has 2 rings (SSSR count). The number of hydrogen-bond acceptors (Lipinski definition) is 4. The molecule has 2 atom stereocenters. The van der Waals surface area contributed by atoms with Gasteiger partial charge >= 0.3 is 11.9 Å². The lowest BCUT2D eigenvalue weighted by Crippen LogP contribution is -2.20. The van der Waals surface area contributed by atoms with Crippen LogP contribution in [0.15, 0.2) is 54.6 Å². The van der Waals surface area contributed by atoms with E-state index in [2.05, 4.69) is 6.92 Å². The number of hydrogen-bond donors (Lipinski definition) is 1. The van der Waals surface area contributed by atoms with Gasteiger partial charge in [0.1, 0.15) is 0 Å². The first kappa shape index (κ1) is 25.3. The van der Waals surface area contributed by atoms with E-state index in [0.29, 0.717) is 31.2 Å². The van der Waals surface area contributed by atoms with Gasteiger partial charge in [0.25, 0.3) is 0 Å². The van der Waals surface area contributed by atoms with Crippen molar-refractivity contribution in [1.29, 1.82) is 0 Å². The first-order chi connectivity index (χ1) is 15.4.